The van der Waals surface area contributed by atoms with Gasteiger partial charge in [-0.15, -0.1) is 0 Å². The lowest BCUT2D eigenvalue weighted by molar-refractivity contribution is 0.0936. The maximum Gasteiger partial charge on any atom is 0.263 e. The van der Waals surface area contributed by atoms with Crippen molar-refractivity contribution < 1.29 is 9.53 Å². The third-order valence-electron chi connectivity index (χ3n) is 6.50. The number of aromatic nitrogens is 2. The van der Waals surface area contributed by atoms with Gasteiger partial charge in [0.05, 0.1) is 6.04 Å². The molecule has 1 atom stereocenters. The number of benzene rings is 2. The Morgan fingerprint density at radius 2 is 1.75 bits per heavy atom. The number of anilines is 1. The van der Waals surface area contributed by atoms with Crippen molar-refractivity contribution in [2.24, 2.45) is 5.92 Å². The van der Waals surface area contributed by atoms with Gasteiger partial charge >= 0.3 is 0 Å². The molecule has 0 saturated carbocycles. The predicted molar refractivity (Wildman–Crippen MR) is 124 cm³/mol. The monoisotopic (exact) mass is 428 g/mol. The highest BCUT2D eigenvalue weighted by Gasteiger charge is 2.24. The van der Waals surface area contributed by atoms with Crippen LogP contribution in [0.1, 0.15) is 53.7 Å². The van der Waals surface area contributed by atoms with Crippen LogP contribution < -0.4 is 15.0 Å². The van der Waals surface area contributed by atoms with Gasteiger partial charge < -0.3 is 15.0 Å². The summed E-state index contributed by atoms with van der Waals surface area (Å²) in [5.41, 5.74) is 3.17. The summed E-state index contributed by atoms with van der Waals surface area (Å²) in [6, 6.07) is 15.6. The molecule has 2 aliphatic rings. The summed E-state index contributed by atoms with van der Waals surface area (Å²) in [4.78, 5) is 24.0. The Hall–Kier alpha value is -3.41. The molecule has 1 unspecified atom stereocenters. The Morgan fingerprint density at radius 1 is 1.00 bits per heavy atom. The first-order valence-corrected chi connectivity index (χ1v) is 11.4. The fourth-order valence-electron chi connectivity index (χ4n) is 4.56. The van der Waals surface area contributed by atoms with Gasteiger partial charge in [-0.2, -0.15) is 0 Å². The Balaban J connectivity index is 1.25. The molecule has 6 nitrogen and oxygen atoms in total. The van der Waals surface area contributed by atoms with Crippen molar-refractivity contribution in [3.8, 4) is 11.6 Å². The Bertz CT molecular complexity index is 1090. The summed E-state index contributed by atoms with van der Waals surface area (Å²) in [5.74, 6) is 2.59. The van der Waals surface area contributed by atoms with Crippen LogP contribution in [-0.2, 0) is 6.42 Å². The standard InChI is InChI=1S/C26H28N4O2/c1-18-12-16-30(17-13-18)24-26(28-15-14-27-24)32-21-9-6-20(7-10-21)25(31)29-23-11-8-19-4-2-3-5-22(19)23/h2-7,9-10,14-15,18,23H,8,11-13,16-17H2,1H3,(H,29,31). The van der Waals surface area contributed by atoms with Crippen LogP contribution in [0.25, 0.3) is 0 Å². The molecule has 2 aromatic carbocycles. The van der Waals surface area contributed by atoms with Crippen LogP contribution in [0, 0.1) is 5.92 Å². The largest absolute Gasteiger partial charge is 0.436 e. The molecular weight excluding hydrogens is 400 g/mol. The molecule has 1 saturated heterocycles. The van der Waals surface area contributed by atoms with Gasteiger partial charge in [-0.05, 0) is 67.0 Å². The smallest absolute Gasteiger partial charge is 0.263 e. The maximum absolute atomic E-state index is 12.8. The van der Waals surface area contributed by atoms with E-state index < -0.39 is 0 Å². The van der Waals surface area contributed by atoms with E-state index in [9.17, 15) is 4.79 Å². The van der Waals surface area contributed by atoms with E-state index >= 15 is 0 Å². The summed E-state index contributed by atoms with van der Waals surface area (Å²) < 4.78 is 6.06. The minimum atomic E-state index is -0.0686. The highest BCUT2D eigenvalue weighted by atomic mass is 16.5. The van der Waals surface area contributed by atoms with Crippen molar-refractivity contribution in [3.63, 3.8) is 0 Å². The van der Waals surface area contributed by atoms with Gasteiger partial charge in [0.2, 0.25) is 0 Å². The van der Waals surface area contributed by atoms with Crippen molar-refractivity contribution >= 4 is 11.7 Å². The quantitative estimate of drug-likeness (QED) is 0.625. The Kier molecular flexibility index (Phi) is 5.75. The molecule has 1 amide bonds. The third kappa shape index (κ3) is 4.31. The summed E-state index contributed by atoms with van der Waals surface area (Å²) in [6.45, 7) is 4.20. The lowest BCUT2D eigenvalue weighted by Gasteiger charge is -2.31. The van der Waals surface area contributed by atoms with Gasteiger partial charge in [0.15, 0.2) is 5.82 Å². The molecule has 0 radical (unpaired) electrons. The van der Waals surface area contributed by atoms with Crippen LogP contribution in [0.4, 0.5) is 5.82 Å². The first kappa shape index (κ1) is 20.5. The number of carbonyl (C=O) groups excluding carboxylic acids is 1. The number of nitrogens with one attached hydrogen (secondary N) is 1. The van der Waals surface area contributed by atoms with Gasteiger partial charge in [-0.25, -0.2) is 9.97 Å². The van der Waals surface area contributed by atoms with Crippen LogP contribution in [0.15, 0.2) is 60.9 Å². The molecule has 1 fully saturated rings. The number of ether oxygens (including phenoxy) is 1. The first-order chi connectivity index (χ1) is 15.7. The second kappa shape index (κ2) is 8.99. The fourth-order valence-corrected chi connectivity index (χ4v) is 4.56. The van der Waals surface area contributed by atoms with Gasteiger partial charge in [-0.1, -0.05) is 31.2 Å². The molecule has 3 aromatic rings. The van der Waals surface area contributed by atoms with Gasteiger partial charge in [0.25, 0.3) is 11.8 Å². The van der Waals surface area contributed by atoms with E-state index in [-0.39, 0.29) is 11.9 Å². The molecule has 2 heterocycles. The number of piperidine rings is 1. The average Bonchev–Trinajstić information content (AvgIpc) is 3.23. The highest BCUT2D eigenvalue weighted by molar-refractivity contribution is 5.94. The number of amides is 1. The van der Waals surface area contributed by atoms with Crippen molar-refractivity contribution in [3.05, 3.63) is 77.6 Å². The zero-order valence-electron chi connectivity index (χ0n) is 18.3. The first-order valence-electron chi connectivity index (χ1n) is 11.4. The zero-order chi connectivity index (χ0) is 21.9. The minimum Gasteiger partial charge on any atom is -0.436 e. The van der Waals surface area contributed by atoms with Crippen LogP contribution >= 0.6 is 0 Å². The molecule has 6 heteroatoms. The topological polar surface area (TPSA) is 67.3 Å². The molecule has 0 spiro atoms. The van der Waals surface area contributed by atoms with Crippen molar-refractivity contribution in [2.75, 3.05) is 18.0 Å². The highest BCUT2D eigenvalue weighted by Crippen LogP contribution is 2.32. The van der Waals surface area contributed by atoms with Crippen LogP contribution in [0.5, 0.6) is 11.6 Å². The van der Waals surface area contributed by atoms with Gasteiger partial charge in [0, 0.05) is 31.0 Å². The number of fused-ring (bicyclic) bond motifs is 1. The van der Waals surface area contributed by atoms with Crippen molar-refractivity contribution in [2.45, 2.75) is 38.6 Å². The Labute approximate surface area is 188 Å². The SMILES string of the molecule is CC1CCN(c2nccnc2Oc2ccc(C(=O)NC3CCc4ccccc43)cc2)CC1. The van der Waals surface area contributed by atoms with E-state index in [1.165, 1.54) is 11.1 Å². The van der Waals surface area contributed by atoms with Gasteiger partial charge in [0.1, 0.15) is 5.75 Å². The molecule has 0 bridgehead atoms. The molecular formula is C26H28N4O2. The Morgan fingerprint density at radius 3 is 2.56 bits per heavy atom. The molecule has 1 aliphatic carbocycles. The van der Waals surface area contributed by atoms with Crippen LogP contribution in [0.3, 0.4) is 0 Å². The van der Waals surface area contributed by atoms with Crippen LogP contribution in [-0.4, -0.2) is 29.0 Å². The third-order valence-corrected chi connectivity index (χ3v) is 6.50. The normalized spacial score (nSPS) is 18.3. The molecule has 1 N–H and O–H groups in total. The zero-order valence-corrected chi connectivity index (χ0v) is 18.3. The predicted octanol–water partition coefficient (Wildman–Crippen LogP) is 4.92. The molecule has 5 rings (SSSR count). The van der Waals surface area contributed by atoms with Crippen LogP contribution in [0.2, 0.25) is 0 Å². The maximum atomic E-state index is 12.8. The second-order valence-corrected chi connectivity index (χ2v) is 8.74. The van der Waals surface area contributed by atoms with E-state index in [2.05, 4.69) is 45.3 Å². The number of aryl methyl sites for hydroxylation is 1. The lowest BCUT2D eigenvalue weighted by atomic mass is 9.99. The average molecular weight is 429 g/mol. The summed E-state index contributed by atoms with van der Waals surface area (Å²) in [6.07, 6.45) is 7.58. The summed E-state index contributed by atoms with van der Waals surface area (Å²) >= 11 is 0. The summed E-state index contributed by atoms with van der Waals surface area (Å²) in [7, 11) is 0. The lowest BCUT2D eigenvalue weighted by Crippen LogP contribution is -2.33. The number of carbonyl (C=O) groups is 1. The molecule has 32 heavy (non-hydrogen) atoms. The molecule has 1 aliphatic heterocycles. The number of hydrogen-bond acceptors (Lipinski definition) is 5. The molecule has 1 aromatic heterocycles. The van der Waals surface area contributed by atoms with Crippen molar-refractivity contribution in [1.82, 2.24) is 15.3 Å². The van der Waals surface area contributed by atoms with E-state index in [1.54, 1.807) is 24.5 Å². The number of rotatable bonds is 5. The van der Waals surface area contributed by atoms with E-state index in [0.717, 1.165) is 50.5 Å². The number of nitrogens with zero attached hydrogens (tertiary/aromatic N) is 3. The van der Waals surface area contributed by atoms with Crippen molar-refractivity contribution in [1.29, 1.82) is 0 Å². The molecule has 164 valence electrons. The van der Waals surface area contributed by atoms with E-state index in [1.807, 2.05) is 18.2 Å². The minimum absolute atomic E-state index is 0.0686. The summed E-state index contributed by atoms with van der Waals surface area (Å²) in [5, 5.41) is 3.17. The van der Waals surface area contributed by atoms with E-state index in [0.29, 0.717) is 17.2 Å². The van der Waals surface area contributed by atoms with E-state index in [4.69, 9.17) is 4.74 Å². The fraction of sp³-hybridized carbons (Fsp3) is 0.346. The van der Waals surface area contributed by atoms with Gasteiger partial charge in [-0.3, -0.25) is 4.79 Å². The number of hydrogen-bond donors (Lipinski definition) is 1. The second-order valence-electron chi connectivity index (χ2n) is 8.74.